The Morgan fingerprint density at radius 1 is 1.47 bits per heavy atom. The Bertz CT molecular complexity index is 322. The fourth-order valence-corrected chi connectivity index (χ4v) is 2.31. The number of likely N-dealkylation sites (N-methyl/N-ethyl adjacent to an activating group) is 1. The van der Waals surface area contributed by atoms with Gasteiger partial charge in [0.2, 0.25) is 0 Å². The maximum Gasteiger partial charge on any atom is 0.153 e. The van der Waals surface area contributed by atoms with Crippen LogP contribution in [0.15, 0.2) is 15.0 Å². The third kappa shape index (κ3) is 1.99. The molecule has 0 radical (unpaired) electrons. The summed E-state index contributed by atoms with van der Waals surface area (Å²) in [4.78, 5) is 17.3. The summed E-state index contributed by atoms with van der Waals surface area (Å²) in [5.41, 5.74) is 0. The molecule has 0 aliphatic carbocycles. The normalized spacial score (nSPS) is 27.9. The molecule has 5 nitrogen and oxygen atoms in total. The van der Waals surface area contributed by atoms with Crippen LogP contribution in [-0.4, -0.2) is 65.6 Å². The molecule has 82 valence electrons. The molecule has 0 fully saturated rings. The molecular weight excluding hydrogens is 305 g/mol. The van der Waals surface area contributed by atoms with Crippen molar-refractivity contribution in [3.63, 3.8) is 0 Å². The van der Waals surface area contributed by atoms with E-state index in [-0.39, 0.29) is 12.2 Å². The van der Waals surface area contributed by atoms with E-state index in [1.54, 1.807) is 6.34 Å². The fourth-order valence-electron chi connectivity index (χ4n) is 1.76. The Balaban J connectivity index is 2.15. The molecule has 6 heteroatoms. The summed E-state index contributed by atoms with van der Waals surface area (Å²) in [7, 11) is 3.98. The van der Waals surface area contributed by atoms with Crippen LogP contribution in [0, 0.1) is 0 Å². The largest absolute Gasteiger partial charge is 0.364 e. The standard InChI is InChI=1S/C9H14IN5/c1-14(2)8-7-9(12-5-11-8)15(4-3-10)6-13-7/h5-7,9H,3-4H2,1-2H3. The number of hydrogen-bond donors (Lipinski definition) is 0. The van der Waals surface area contributed by atoms with Crippen molar-refractivity contribution in [2.24, 2.45) is 15.0 Å². The van der Waals surface area contributed by atoms with Crippen molar-refractivity contribution in [1.82, 2.24) is 9.80 Å². The minimum absolute atomic E-state index is 0.0768. The first-order valence-electron chi connectivity index (χ1n) is 4.85. The smallest absolute Gasteiger partial charge is 0.153 e. The molecule has 2 aliphatic heterocycles. The van der Waals surface area contributed by atoms with E-state index in [4.69, 9.17) is 0 Å². The molecule has 0 saturated carbocycles. The van der Waals surface area contributed by atoms with Gasteiger partial charge in [-0.3, -0.25) is 4.99 Å². The highest BCUT2D eigenvalue weighted by molar-refractivity contribution is 14.1. The van der Waals surface area contributed by atoms with Crippen LogP contribution in [0.1, 0.15) is 0 Å². The van der Waals surface area contributed by atoms with Crippen LogP contribution in [0.2, 0.25) is 0 Å². The van der Waals surface area contributed by atoms with Crippen molar-refractivity contribution in [1.29, 1.82) is 0 Å². The van der Waals surface area contributed by atoms with E-state index in [9.17, 15) is 0 Å². The van der Waals surface area contributed by atoms with Crippen molar-refractivity contribution >= 4 is 41.1 Å². The van der Waals surface area contributed by atoms with Gasteiger partial charge in [0.1, 0.15) is 18.2 Å². The predicted octanol–water partition coefficient (Wildman–Crippen LogP) is 0.462. The van der Waals surface area contributed by atoms with Crippen LogP contribution in [0.3, 0.4) is 0 Å². The molecule has 0 aromatic rings. The maximum atomic E-state index is 4.47. The van der Waals surface area contributed by atoms with Gasteiger partial charge in [-0.1, -0.05) is 22.6 Å². The molecule has 0 N–H and O–H groups in total. The lowest BCUT2D eigenvalue weighted by Crippen LogP contribution is -2.45. The van der Waals surface area contributed by atoms with Crippen LogP contribution in [0.5, 0.6) is 0 Å². The summed E-state index contributed by atoms with van der Waals surface area (Å²) in [6.07, 6.45) is 3.66. The van der Waals surface area contributed by atoms with Gasteiger partial charge in [0.05, 0.1) is 6.34 Å². The Morgan fingerprint density at radius 3 is 2.93 bits per heavy atom. The van der Waals surface area contributed by atoms with Crippen LogP contribution in [-0.2, 0) is 0 Å². The fraction of sp³-hybridized carbons (Fsp3) is 0.667. The molecule has 15 heavy (non-hydrogen) atoms. The first-order chi connectivity index (χ1) is 7.24. The average Bonchev–Trinajstić information content (AvgIpc) is 2.62. The Morgan fingerprint density at radius 2 is 2.27 bits per heavy atom. The zero-order valence-corrected chi connectivity index (χ0v) is 11.0. The number of fused-ring (bicyclic) bond motifs is 1. The highest BCUT2D eigenvalue weighted by Gasteiger charge is 2.35. The Hall–Kier alpha value is -0.660. The SMILES string of the molecule is CN(C)C1=NC=NC2C1N=CN2CCI. The first-order valence-corrected chi connectivity index (χ1v) is 6.38. The van der Waals surface area contributed by atoms with Gasteiger partial charge in [-0.15, -0.1) is 0 Å². The van der Waals surface area contributed by atoms with Gasteiger partial charge in [-0.2, -0.15) is 0 Å². The second-order valence-electron chi connectivity index (χ2n) is 3.70. The first kappa shape index (κ1) is 10.8. The average molecular weight is 319 g/mol. The molecule has 2 heterocycles. The zero-order chi connectivity index (χ0) is 10.8. The van der Waals surface area contributed by atoms with E-state index in [2.05, 4.69) is 42.5 Å². The van der Waals surface area contributed by atoms with Crippen molar-refractivity contribution in [3.05, 3.63) is 0 Å². The summed E-state index contributed by atoms with van der Waals surface area (Å²) >= 11 is 2.36. The summed E-state index contributed by atoms with van der Waals surface area (Å²) in [6, 6.07) is 0.0768. The molecule has 0 saturated heterocycles. The molecule has 0 aromatic carbocycles. The molecule has 2 rings (SSSR count). The van der Waals surface area contributed by atoms with Gasteiger partial charge in [-0.25, -0.2) is 9.98 Å². The minimum atomic E-state index is 0.0768. The van der Waals surface area contributed by atoms with Crippen molar-refractivity contribution in [2.45, 2.75) is 12.2 Å². The number of nitrogens with zero attached hydrogens (tertiary/aromatic N) is 5. The van der Waals surface area contributed by atoms with Crippen LogP contribution >= 0.6 is 22.6 Å². The number of amidine groups is 1. The lowest BCUT2D eigenvalue weighted by molar-refractivity contribution is 0.352. The summed E-state index contributed by atoms with van der Waals surface area (Å²) < 4.78 is 1.08. The van der Waals surface area contributed by atoms with Gasteiger partial charge in [-0.05, 0) is 0 Å². The van der Waals surface area contributed by atoms with Crippen molar-refractivity contribution < 1.29 is 0 Å². The Labute approximate surface area is 103 Å². The van der Waals surface area contributed by atoms with Crippen molar-refractivity contribution in [3.8, 4) is 0 Å². The van der Waals surface area contributed by atoms with E-state index in [1.807, 2.05) is 25.3 Å². The summed E-state index contributed by atoms with van der Waals surface area (Å²) in [6.45, 7) is 0.989. The quantitative estimate of drug-likeness (QED) is 0.548. The van der Waals surface area contributed by atoms with E-state index in [0.717, 1.165) is 16.8 Å². The van der Waals surface area contributed by atoms with Gasteiger partial charge in [0.15, 0.2) is 6.17 Å². The van der Waals surface area contributed by atoms with E-state index >= 15 is 0 Å². The third-order valence-electron chi connectivity index (χ3n) is 2.47. The number of hydrogen-bond acceptors (Lipinski definition) is 5. The van der Waals surface area contributed by atoms with E-state index in [1.165, 1.54) is 0 Å². The minimum Gasteiger partial charge on any atom is -0.364 e. The molecular formula is C9H14IN5. The number of halogens is 1. The third-order valence-corrected chi connectivity index (χ3v) is 2.96. The number of rotatable bonds is 2. The van der Waals surface area contributed by atoms with Gasteiger partial charge in [0.25, 0.3) is 0 Å². The maximum absolute atomic E-state index is 4.47. The predicted molar refractivity (Wildman–Crippen MR) is 71.3 cm³/mol. The Kier molecular flexibility index (Phi) is 3.22. The topological polar surface area (TPSA) is 43.6 Å². The van der Waals surface area contributed by atoms with Gasteiger partial charge in [0, 0.05) is 25.1 Å². The zero-order valence-electron chi connectivity index (χ0n) is 8.84. The van der Waals surface area contributed by atoms with Crippen LogP contribution in [0.25, 0.3) is 0 Å². The second kappa shape index (κ2) is 4.46. The lowest BCUT2D eigenvalue weighted by atomic mass is 10.2. The molecule has 2 aliphatic rings. The summed E-state index contributed by atoms with van der Waals surface area (Å²) in [5.74, 6) is 0.988. The number of aliphatic imine (C=N–C) groups is 3. The lowest BCUT2D eigenvalue weighted by Gasteiger charge is -2.29. The van der Waals surface area contributed by atoms with E-state index in [0.29, 0.717) is 0 Å². The molecule has 0 aromatic heterocycles. The second-order valence-corrected chi connectivity index (χ2v) is 4.77. The van der Waals surface area contributed by atoms with Crippen LogP contribution < -0.4 is 0 Å². The summed E-state index contributed by atoms with van der Waals surface area (Å²) in [5, 5.41) is 0. The van der Waals surface area contributed by atoms with Gasteiger partial charge < -0.3 is 9.80 Å². The molecule has 0 spiro atoms. The van der Waals surface area contributed by atoms with Crippen molar-refractivity contribution in [2.75, 3.05) is 25.1 Å². The molecule has 2 atom stereocenters. The van der Waals surface area contributed by atoms with E-state index < -0.39 is 0 Å². The molecule has 2 unspecified atom stereocenters. The molecule has 0 amide bonds. The molecule has 0 bridgehead atoms. The van der Waals surface area contributed by atoms with Crippen LogP contribution in [0.4, 0.5) is 0 Å². The van der Waals surface area contributed by atoms with Gasteiger partial charge >= 0.3 is 0 Å². The number of alkyl halides is 1. The highest BCUT2D eigenvalue weighted by Crippen LogP contribution is 2.19. The highest BCUT2D eigenvalue weighted by atomic mass is 127. The monoisotopic (exact) mass is 319 g/mol.